The summed E-state index contributed by atoms with van der Waals surface area (Å²) in [4.78, 5) is 24.7. The molecule has 0 aromatic rings. The van der Waals surface area contributed by atoms with E-state index in [1.165, 1.54) is 0 Å². The van der Waals surface area contributed by atoms with Crippen molar-refractivity contribution in [3.8, 4) is 0 Å². The third kappa shape index (κ3) is 2.60. The van der Waals surface area contributed by atoms with Gasteiger partial charge in [0.15, 0.2) is 0 Å². The van der Waals surface area contributed by atoms with Gasteiger partial charge in [-0.15, -0.1) is 0 Å². The Hall–Kier alpha value is -1.10. The van der Waals surface area contributed by atoms with Crippen molar-refractivity contribution in [3.05, 3.63) is 0 Å². The smallest absolute Gasteiger partial charge is 0.311 e. The van der Waals surface area contributed by atoms with E-state index in [-0.39, 0.29) is 11.9 Å². The molecule has 5 heteroatoms. The molecular formula is C12H20N2O3. The second-order valence-corrected chi connectivity index (χ2v) is 5.64. The molecule has 1 amide bonds. The third-order valence-corrected chi connectivity index (χ3v) is 3.98. The zero-order valence-corrected chi connectivity index (χ0v) is 10.2. The number of likely N-dealkylation sites (tertiary alicyclic amines) is 1. The molecule has 2 aliphatic rings. The van der Waals surface area contributed by atoms with Crippen molar-refractivity contribution in [3.63, 3.8) is 0 Å². The van der Waals surface area contributed by atoms with Crippen LogP contribution in [-0.4, -0.2) is 41.0 Å². The summed E-state index contributed by atoms with van der Waals surface area (Å²) in [6, 6.07) is -0.0424. The number of carboxylic acid groups (broad SMARTS) is 1. The molecule has 2 fully saturated rings. The minimum absolute atomic E-state index is 0.00868. The number of carbonyl (C=O) groups excluding carboxylic acids is 1. The molecule has 0 aromatic heterocycles. The summed E-state index contributed by atoms with van der Waals surface area (Å²) >= 11 is 0. The number of hydrogen-bond donors (Lipinski definition) is 2. The van der Waals surface area contributed by atoms with Crippen LogP contribution in [0.5, 0.6) is 0 Å². The average Bonchev–Trinajstić information content (AvgIpc) is 3.02. The number of amides is 1. The van der Waals surface area contributed by atoms with Crippen LogP contribution in [0.1, 0.15) is 32.6 Å². The summed E-state index contributed by atoms with van der Waals surface area (Å²) < 4.78 is 0. The summed E-state index contributed by atoms with van der Waals surface area (Å²) in [5.41, 5.74) is 5.13. The van der Waals surface area contributed by atoms with Crippen LogP contribution in [0.3, 0.4) is 0 Å². The Kier molecular flexibility index (Phi) is 3.12. The molecule has 1 heterocycles. The van der Waals surface area contributed by atoms with Crippen LogP contribution >= 0.6 is 0 Å². The number of nitrogens with two attached hydrogens (primary N) is 1. The van der Waals surface area contributed by atoms with E-state index < -0.39 is 11.4 Å². The maximum absolute atomic E-state index is 12.0. The van der Waals surface area contributed by atoms with Gasteiger partial charge in [-0.2, -0.15) is 0 Å². The van der Waals surface area contributed by atoms with Crippen LogP contribution < -0.4 is 5.73 Å². The summed E-state index contributed by atoms with van der Waals surface area (Å²) in [5, 5.41) is 9.09. The maximum Gasteiger partial charge on any atom is 0.311 e. The largest absolute Gasteiger partial charge is 0.481 e. The summed E-state index contributed by atoms with van der Waals surface area (Å²) in [6.45, 7) is 2.56. The molecule has 0 spiro atoms. The Labute approximate surface area is 101 Å². The first-order valence-electron chi connectivity index (χ1n) is 6.19. The van der Waals surface area contributed by atoms with E-state index in [1.54, 1.807) is 11.8 Å². The molecule has 0 radical (unpaired) electrons. The number of carbonyl (C=O) groups is 2. The lowest BCUT2D eigenvalue weighted by molar-refractivity contribution is -0.147. The fraction of sp³-hybridized carbons (Fsp3) is 0.833. The number of rotatable bonds is 4. The van der Waals surface area contributed by atoms with E-state index in [0.29, 0.717) is 31.8 Å². The minimum Gasteiger partial charge on any atom is -0.481 e. The van der Waals surface area contributed by atoms with Crippen LogP contribution in [-0.2, 0) is 9.59 Å². The minimum atomic E-state index is -0.820. The van der Waals surface area contributed by atoms with Crippen molar-refractivity contribution < 1.29 is 14.7 Å². The SMILES string of the molecule is CC1(C(=O)O)CCN(C(=O)CC(N)C2CC2)C1. The second kappa shape index (κ2) is 4.29. The molecule has 0 aromatic carbocycles. The normalized spacial score (nSPS) is 30.4. The molecule has 2 atom stereocenters. The Bertz CT molecular complexity index is 341. The lowest BCUT2D eigenvalue weighted by Gasteiger charge is -2.21. The van der Waals surface area contributed by atoms with Crippen LogP contribution in [0, 0.1) is 11.3 Å². The highest BCUT2D eigenvalue weighted by molar-refractivity contribution is 5.80. The van der Waals surface area contributed by atoms with Gasteiger partial charge >= 0.3 is 5.97 Å². The summed E-state index contributed by atoms with van der Waals surface area (Å²) in [6.07, 6.45) is 3.15. The molecule has 0 bridgehead atoms. The highest BCUT2D eigenvalue weighted by atomic mass is 16.4. The zero-order valence-electron chi connectivity index (χ0n) is 10.2. The quantitative estimate of drug-likeness (QED) is 0.746. The maximum atomic E-state index is 12.0. The van der Waals surface area contributed by atoms with Crippen LogP contribution in [0.15, 0.2) is 0 Å². The van der Waals surface area contributed by atoms with Crippen molar-refractivity contribution in [2.45, 2.75) is 38.6 Å². The predicted octanol–water partition coefficient (Wildman–Crippen LogP) is 0.437. The molecule has 1 aliphatic heterocycles. The number of aliphatic carboxylic acids is 1. The van der Waals surface area contributed by atoms with E-state index in [1.807, 2.05) is 0 Å². The molecule has 96 valence electrons. The summed E-state index contributed by atoms with van der Waals surface area (Å²) in [7, 11) is 0. The highest BCUT2D eigenvalue weighted by Crippen LogP contribution is 2.34. The topological polar surface area (TPSA) is 83.6 Å². The molecule has 5 nitrogen and oxygen atoms in total. The fourth-order valence-electron chi connectivity index (χ4n) is 2.37. The average molecular weight is 240 g/mol. The lowest BCUT2D eigenvalue weighted by Crippen LogP contribution is -2.38. The second-order valence-electron chi connectivity index (χ2n) is 5.64. The first-order chi connectivity index (χ1) is 7.92. The van der Waals surface area contributed by atoms with Gasteiger partial charge in [0.2, 0.25) is 5.91 Å². The van der Waals surface area contributed by atoms with E-state index >= 15 is 0 Å². The zero-order chi connectivity index (χ0) is 12.6. The first kappa shape index (κ1) is 12.4. The molecule has 2 unspecified atom stereocenters. The molecular weight excluding hydrogens is 220 g/mol. The van der Waals surface area contributed by atoms with E-state index in [2.05, 4.69) is 0 Å². The standard InChI is InChI=1S/C12H20N2O3/c1-12(11(16)17)4-5-14(7-12)10(15)6-9(13)8-2-3-8/h8-9H,2-7,13H2,1H3,(H,16,17). The van der Waals surface area contributed by atoms with Gasteiger partial charge in [0, 0.05) is 25.6 Å². The van der Waals surface area contributed by atoms with Crippen molar-refractivity contribution >= 4 is 11.9 Å². The van der Waals surface area contributed by atoms with Crippen molar-refractivity contribution in [1.82, 2.24) is 4.90 Å². The van der Waals surface area contributed by atoms with Gasteiger partial charge in [-0.1, -0.05) is 0 Å². The Balaban J connectivity index is 1.87. The lowest BCUT2D eigenvalue weighted by atomic mass is 9.90. The van der Waals surface area contributed by atoms with Gasteiger partial charge in [-0.3, -0.25) is 9.59 Å². The monoisotopic (exact) mass is 240 g/mol. The fourth-order valence-corrected chi connectivity index (χ4v) is 2.37. The Morgan fingerprint density at radius 1 is 1.53 bits per heavy atom. The van der Waals surface area contributed by atoms with Crippen molar-refractivity contribution in [1.29, 1.82) is 0 Å². The van der Waals surface area contributed by atoms with Gasteiger partial charge in [0.25, 0.3) is 0 Å². The number of carboxylic acids is 1. The summed E-state index contributed by atoms with van der Waals surface area (Å²) in [5.74, 6) is -0.305. The van der Waals surface area contributed by atoms with E-state index in [0.717, 1.165) is 12.8 Å². The third-order valence-electron chi connectivity index (χ3n) is 3.98. The van der Waals surface area contributed by atoms with E-state index in [4.69, 9.17) is 10.8 Å². The molecule has 1 aliphatic carbocycles. The Morgan fingerprint density at radius 2 is 2.18 bits per heavy atom. The van der Waals surface area contributed by atoms with Crippen molar-refractivity contribution in [2.24, 2.45) is 17.1 Å². The molecule has 17 heavy (non-hydrogen) atoms. The highest BCUT2D eigenvalue weighted by Gasteiger charge is 2.42. The predicted molar refractivity (Wildman–Crippen MR) is 62.3 cm³/mol. The van der Waals surface area contributed by atoms with Crippen LogP contribution in [0.2, 0.25) is 0 Å². The van der Waals surface area contributed by atoms with Gasteiger partial charge in [0.1, 0.15) is 0 Å². The molecule has 3 N–H and O–H groups in total. The van der Waals surface area contributed by atoms with Crippen molar-refractivity contribution in [2.75, 3.05) is 13.1 Å². The molecule has 1 saturated carbocycles. The number of nitrogens with zero attached hydrogens (tertiary/aromatic N) is 1. The van der Waals surface area contributed by atoms with Crippen LogP contribution in [0.4, 0.5) is 0 Å². The molecule has 1 saturated heterocycles. The van der Waals surface area contributed by atoms with Gasteiger partial charge in [-0.05, 0) is 32.1 Å². The van der Waals surface area contributed by atoms with Gasteiger partial charge in [0.05, 0.1) is 5.41 Å². The van der Waals surface area contributed by atoms with E-state index in [9.17, 15) is 9.59 Å². The number of hydrogen-bond acceptors (Lipinski definition) is 3. The van der Waals surface area contributed by atoms with Gasteiger partial charge < -0.3 is 15.7 Å². The molecule has 2 rings (SSSR count). The van der Waals surface area contributed by atoms with Crippen LogP contribution in [0.25, 0.3) is 0 Å². The first-order valence-corrected chi connectivity index (χ1v) is 6.19. The van der Waals surface area contributed by atoms with Gasteiger partial charge in [-0.25, -0.2) is 0 Å². The Morgan fingerprint density at radius 3 is 2.65 bits per heavy atom.